The Labute approximate surface area is 215 Å². The van der Waals surface area contributed by atoms with Gasteiger partial charge in [-0.15, -0.1) is 9.42 Å². The zero-order chi connectivity index (χ0) is 25.0. The average Bonchev–Trinajstić information content (AvgIpc) is 3.35. The molecule has 35 heavy (non-hydrogen) atoms. The van der Waals surface area contributed by atoms with Gasteiger partial charge >= 0.3 is 8.25 Å². The van der Waals surface area contributed by atoms with Gasteiger partial charge < -0.3 is 19.2 Å². The molecule has 1 unspecified atom stereocenters. The maximum absolute atomic E-state index is 10.5. The fraction of sp³-hybridized carbons (Fsp3) is 0.385. The van der Waals surface area contributed by atoms with Crippen LogP contribution in [0.25, 0.3) is 11.3 Å². The monoisotopic (exact) mass is 564 g/mol. The molecule has 0 radical (unpaired) electrons. The van der Waals surface area contributed by atoms with Crippen molar-refractivity contribution in [3.63, 3.8) is 0 Å². The number of aryl methyl sites for hydroxylation is 1. The van der Waals surface area contributed by atoms with Crippen LogP contribution < -0.4 is 14.8 Å². The molecular formula is C26H32BrNO6P+. The zero-order valence-corrected chi connectivity index (χ0v) is 22.5. The van der Waals surface area contributed by atoms with Crippen molar-refractivity contribution < 1.29 is 27.9 Å². The van der Waals surface area contributed by atoms with Crippen molar-refractivity contribution in [3.05, 3.63) is 70.4 Å². The Morgan fingerprint density at radius 1 is 1.06 bits per heavy atom. The Balaban J connectivity index is 1.53. The summed E-state index contributed by atoms with van der Waals surface area (Å²) in [6.45, 7) is 6.19. The Bertz CT molecular complexity index is 1070. The Kier molecular flexibility index (Phi) is 11.2. The Morgan fingerprint density at radius 2 is 1.86 bits per heavy atom. The molecule has 0 amide bonds. The summed E-state index contributed by atoms with van der Waals surface area (Å²) >= 11 is 3.60. The van der Waals surface area contributed by atoms with Gasteiger partial charge in [0.15, 0.2) is 0 Å². The summed E-state index contributed by atoms with van der Waals surface area (Å²) in [5.74, 6) is 2.39. The number of hydrogen-bond donors (Lipinski definition) is 2. The number of hydrogen-bond acceptors (Lipinski definition) is 6. The number of nitrogens with one attached hydrogen (secondary N) is 1. The third-order valence-electron chi connectivity index (χ3n) is 5.09. The van der Waals surface area contributed by atoms with Crippen LogP contribution in [-0.2, 0) is 22.1 Å². The molecule has 3 rings (SSSR count). The molecule has 2 N–H and O–H groups in total. The standard InChI is InChI=1S/C26H31BrNO6P/c1-19(2)34-26-11-8-20(17-23(26)27)6-3-13-32-25-10-9-21(16-22(25)24-7-4-14-31-24)18-28-12-5-15-33-35(29)30/h4,7-11,14,16-17,19,28H,3,5-6,12-13,15,18H2,1-2H3/p+1. The third-order valence-corrected chi connectivity index (χ3v) is 6.11. The molecule has 9 heteroatoms. The van der Waals surface area contributed by atoms with Crippen LogP contribution in [0, 0.1) is 0 Å². The van der Waals surface area contributed by atoms with Gasteiger partial charge in [0.2, 0.25) is 0 Å². The summed E-state index contributed by atoms with van der Waals surface area (Å²) in [6, 6.07) is 16.0. The van der Waals surface area contributed by atoms with Crippen molar-refractivity contribution in [2.45, 2.75) is 45.8 Å². The van der Waals surface area contributed by atoms with Gasteiger partial charge in [0.1, 0.15) is 23.9 Å². The lowest BCUT2D eigenvalue weighted by atomic mass is 10.1. The van der Waals surface area contributed by atoms with E-state index in [1.54, 1.807) is 6.26 Å². The van der Waals surface area contributed by atoms with Crippen LogP contribution in [0.5, 0.6) is 11.5 Å². The summed E-state index contributed by atoms with van der Waals surface area (Å²) in [4.78, 5) is 8.66. The normalized spacial score (nSPS) is 11.6. The molecule has 0 aliphatic heterocycles. The van der Waals surface area contributed by atoms with Gasteiger partial charge in [-0.2, -0.15) is 0 Å². The van der Waals surface area contributed by atoms with Gasteiger partial charge in [0.05, 0.1) is 29.0 Å². The van der Waals surface area contributed by atoms with Crippen molar-refractivity contribution in [2.24, 2.45) is 0 Å². The molecule has 1 aromatic heterocycles. The second-order valence-electron chi connectivity index (χ2n) is 8.29. The molecule has 0 fully saturated rings. The first-order valence-electron chi connectivity index (χ1n) is 11.7. The third kappa shape index (κ3) is 9.39. The molecule has 0 saturated heterocycles. The quantitative estimate of drug-likeness (QED) is 0.158. The summed E-state index contributed by atoms with van der Waals surface area (Å²) in [5.41, 5.74) is 3.22. The highest BCUT2D eigenvalue weighted by Crippen LogP contribution is 2.32. The van der Waals surface area contributed by atoms with Crippen molar-refractivity contribution in [1.82, 2.24) is 5.32 Å². The molecular weight excluding hydrogens is 533 g/mol. The fourth-order valence-corrected chi connectivity index (χ4v) is 4.32. The van der Waals surface area contributed by atoms with E-state index in [-0.39, 0.29) is 12.7 Å². The first kappa shape index (κ1) is 27.4. The summed E-state index contributed by atoms with van der Waals surface area (Å²) < 4.78 is 33.7. The fourth-order valence-electron chi connectivity index (χ4n) is 3.52. The van der Waals surface area contributed by atoms with E-state index in [1.165, 1.54) is 5.56 Å². The first-order chi connectivity index (χ1) is 16.9. The molecule has 0 bridgehead atoms. The lowest BCUT2D eigenvalue weighted by molar-refractivity contribution is 0.241. The van der Waals surface area contributed by atoms with Crippen LogP contribution >= 0.6 is 24.2 Å². The lowest BCUT2D eigenvalue weighted by Gasteiger charge is -2.14. The predicted molar refractivity (Wildman–Crippen MR) is 140 cm³/mol. The second-order valence-corrected chi connectivity index (χ2v) is 9.88. The molecule has 0 saturated carbocycles. The van der Waals surface area contributed by atoms with E-state index in [0.717, 1.165) is 45.7 Å². The smallest absolute Gasteiger partial charge is 0.493 e. The molecule has 7 nitrogen and oxygen atoms in total. The lowest BCUT2D eigenvalue weighted by Crippen LogP contribution is -2.16. The van der Waals surface area contributed by atoms with Crippen LogP contribution in [0.15, 0.2) is 63.7 Å². The van der Waals surface area contributed by atoms with Crippen molar-refractivity contribution in [2.75, 3.05) is 19.8 Å². The molecule has 1 heterocycles. The maximum atomic E-state index is 10.5. The highest BCUT2D eigenvalue weighted by atomic mass is 79.9. The topological polar surface area (TPSA) is 90.2 Å². The van der Waals surface area contributed by atoms with Crippen LogP contribution in [0.3, 0.4) is 0 Å². The van der Waals surface area contributed by atoms with E-state index in [9.17, 15) is 4.57 Å². The largest absolute Gasteiger partial charge is 0.694 e. The maximum Gasteiger partial charge on any atom is 0.694 e. The van der Waals surface area contributed by atoms with Gasteiger partial charge in [-0.3, -0.25) is 0 Å². The molecule has 0 aliphatic carbocycles. The minimum absolute atomic E-state index is 0.135. The molecule has 0 aliphatic rings. The van der Waals surface area contributed by atoms with Gasteiger partial charge in [0, 0.05) is 11.1 Å². The molecule has 188 valence electrons. The highest BCUT2D eigenvalue weighted by Gasteiger charge is 2.12. The first-order valence-corrected chi connectivity index (χ1v) is 13.6. The highest BCUT2D eigenvalue weighted by molar-refractivity contribution is 9.10. The molecule has 2 aromatic carbocycles. The number of benzene rings is 2. The van der Waals surface area contributed by atoms with Gasteiger partial charge in [-0.25, -0.2) is 0 Å². The number of furan rings is 1. The number of ether oxygens (including phenoxy) is 2. The SMILES string of the molecule is CC(C)Oc1ccc(CCCOc2ccc(CNCCCO[P+](=O)O)cc2-c2ccco2)cc1Br. The van der Waals surface area contributed by atoms with Crippen LogP contribution in [0.1, 0.15) is 37.8 Å². The van der Waals surface area contributed by atoms with Gasteiger partial charge in [-0.1, -0.05) is 12.1 Å². The zero-order valence-electron chi connectivity index (χ0n) is 20.0. The van der Waals surface area contributed by atoms with E-state index in [4.69, 9.17) is 18.8 Å². The van der Waals surface area contributed by atoms with Crippen LogP contribution in [0.2, 0.25) is 0 Å². The minimum Gasteiger partial charge on any atom is -0.493 e. The van der Waals surface area contributed by atoms with Gasteiger partial charge in [-0.05, 0) is 103 Å². The van der Waals surface area contributed by atoms with E-state index in [0.29, 0.717) is 26.1 Å². The number of rotatable bonds is 15. The molecule has 0 spiro atoms. The predicted octanol–water partition coefficient (Wildman–Crippen LogP) is 6.65. The van der Waals surface area contributed by atoms with E-state index >= 15 is 0 Å². The van der Waals surface area contributed by atoms with Crippen LogP contribution in [-0.4, -0.2) is 30.8 Å². The summed E-state index contributed by atoms with van der Waals surface area (Å²) in [5, 5.41) is 3.32. The average molecular weight is 565 g/mol. The molecule has 1 atom stereocenters. The number of halogens is 1. The minimum atomic E-state index is -2.53. The summed E-state index contributed by atoms with van der Waals surface area (Å²) in [7, 11) is -2.53. The van der Waals surface area contributed by atoms with Crippen molar-refractivity contribution >= 4 is 24.2 Å². The molecule has 3 aromatic rings. The summed E-state index contributed by atoms with van der Waals surface area (Å²) in [6.07, 6.45) is 4.21. The second kappa shape index (κ2) is 14.4. The van der Waals surface area contributed by atoms with E-state index < -0.39 is 8.25 Å². The van der Waals surface area contributed by atoms with Crippen LogP contribution in [0.4, 0.5) is 0 Å². The Hall–Kier alpha value is -2.22. The Morgan fingerprint density at radius 3 is 2.57 bits per heavy atom. The van der Waals surface area contributed by atoms with E-state index in [1.807, 2.05) is 44.2 Å². The van der Waals surface area contributed by atoms with E-state index in [2.05, 4.69) is 44.0 Å². The van der Waals surface area contributed by atoms with Gasteiger partial charge in [0.25, 0.3) is 0 Å². The van der Waals surface area contributed by atoms with Crippen molar-refractivity contribution in [3.8, 4) is 22.8 Å². The van der Waals surface area contributed by atoms with Crippen molar-refractivity contribution in [1.29, 1.82) is 0 Å².